The molecule has 0 aliphatic carbocycles. The monoisotopic (exact) mass is 296 g/mol. The molecular weight excluding hydrogens is 279 g/mol. The highest BCUT2D eigenvalue weighted by Gasteiger charge is 2.33. The number of amides is 2. The second kappa shape index (κ2) is 6.34. The molecule has 3 N–H and O–H groups in total. The number of hydrogen-bond donors (Lipinski definition) is 3. The van der Waals surface area contributed by atoms with Gasteiger partial charge in [0, 0.05) is 12.5 Å². The van der Waals surface area contributed by atoms with Gasteiger partial charge in [0.25, 0.3) is 5.91 Å². The maximum Gasteiger partial charge on any atom is 0.329 e. The van der Waals surface area contributed by atoms with E-state index >= 15 is 0 Å². The third kappa shape index (κ3) is 4.01. The summed E-state index contributed by atoms with van der Waals surface area (Å²) in [5.74, 6) is -2.98. The van der Waals surface area contributed by atoms with Crippen LogP contribution in [0.1, 0.15) is 37.6 Å². The smallest absolute Gasteiger partial charge is 0.329 e. The summed E-state index contributed by atoms with van der Waals surface area (Å²) >= 11 is 0. The first-order valence-electron chi connectivity index (χ1n) is 6.32. The first-order chi connectivity index (χ1) is 9.69. The Morgan fingerprint density at radius 1 is 1.33 bits per heavy atom. The first-order valence-corrected chi connectivity index (χ1v) is 6.32. The summed E-state index contributed by atoms with van der Waals surface area (Å²) in [5.41, 5.74) is -1.50. The molecule has 1 aromatic rings. The first kappa shape index (κ1) is 16.6. The summed E-state index contributed by atoms with van der Waals surface area (Å²) in [7, 11) is 0. The fourth-order valence-electron chi connectivity index (χ4n) is 1.57. The molecule has 0 aromatic heterocycles. The number of anilines is 1. The minimum Gasteiger partial charge on any atom is -0.480 e. The van der Waals surface area contributed by atoms with Crippen molar-refractivity contribution < 1.29 is 23.9 Å². The van der Waals surface area contributed by atoms with Crippen LogP contribution in [0.3, 0.4) is 0 Å². The number of carboxylic acids is 1. The largest absolute Gasteiger partial charge is 0.480 e. The molecule has 21 heavy (non-hydrogen) atoms. The maximum absolute atomic E-state index is 13.5. The van der Waals surface area contributed by atoms with Gasteiger partial charge in [0.1, 0.15) is 11.4 Å². The Morgan fingerprint density at radius 3 is 2.43 bits per heavy atom. The molecule has 0 saturated heterocycles. The third-order valence-electron chi connectivity index (χ3n) is 3.11. The molecule has 114 valence electrons. The standard InChI is InChI=1S/C14H17FN2O4/c1-4-14(3,13(20)21)17-12(19)9-5-6-10(15)11(7-9)16-8(2)18/h5-7H,4H2,1-3H3,(H,16,18)(H,17,19)(H,20,21). The van der Waals surface area contributed by atoms with E-state index in [1.165, 1.54) is 19.9 Å². The lowest BCUT2D eigenvalue weighted by atomic mass is 9.98. The van der Waals surface area contributed by atoms with Crippen LogP contribution in [0.25, 0.3) is 0 Å². The summed E-state index contributed by atoms with van der Waals surface area (Å²) in [5, 5.41) is 13.8. The maximum atomic E-state index is 13.5. The molecule has 0 bridgehead atoms. The van der Waals surface area contributed by atoms with Crippen LogP contribution in [0.5, 0.6) is 0 Å². The number of carboxylic acid groups (broad SMARTS) is 1. The van der Waals surface area contributed by atoms with Crippen molar-refractivity contribution in [3.8, 4) is 0 Å². The van der Waals surface area contributed by atoms with Crippen molar-refractivity contribution in [1.82, 2.24) is 5.32 Å². The molecule has 0 aliphatic heterocycles. The van der Waals surface area contributed by atoms with E-state index in [4.69, 9.17) is 5.11 Å². The van der Waals surface area contributed by atoms with Gasteiger partial charge in [-0.15, -0.1) is 0 Å². The van der Waals surface area contributed by atoms with Crippen LogP contribution in [0.2, 0.25) is 0 Å². The fourth-order valence-corrected chi connectivity index (χ4v) is 1.57. The van der Waals surface area contributed by atoms with Crippen LogP contribution in [0, 0.1) is 5.82 Å². The van der Waals surface area contributed by atoms with Gasteiger partial charge in [0.2, 0.25) is 5.91 Å². The van der Waals surface area contributed by atoms with Gasteiger partial charge in [0.15, 0.2) is 0 Å². The lowest BCUT2D eigenvalue weighted by Gasteiger charge is -2.24. The number of nitrogens with one attached hydrogen (secondary N) is 2. The zero-order chi connectivity index (χ0) is 16.2. The molecular formula is C14H17FN2O4. The van der Waals surface area contributed by atoms with E-state index in [0.717, 1.165) is 12.1 Å². The molecule has 0 radical (unpaired) electrons. The van der Waals surface area contributed by atoms with Gasteiger partial charge in [-0.1, -0.05) is 6.92 Å². The minimum absolute atomic E-state index is 0.0566. The summed E-state index contributed by atoms with van der Waals surface area (Å²) in [6.45, 7) is 4.22. The molecule has 0 heterocycles. The average molecular weight is 296 g/mol. The Morgan fingerprint density at radius 2 is 1.95 bits per heavy atom. The van der Waals surface area contributed by atoms with Gasteiger partial charge >= 0.3 is 5.97 Å². The number of carbonyl (C=O) groups is 3. The van der Waals surface area contributed by atoms with Gasteiger partial charge in [-0.05, 0) is 31.5 Å². The van der Waals surface area contributed by atoms with Crippen molar-refractivity contribution in [3.05, 3.63) is 29.6 Å². The predicted molar refractivity (Wildman–Crippen MR) is 74.5 cm³/mol. The fraction of sp³-hybridized carbons (Fsp3) is 0.357. The van der Waals surface area contributed by atoms with Crippen LogP contribution >= 0.6 is 0 Å². The molecule has 2 amide bonds. The third-order valence-corrected chi connectivity index (χ3v) is 3.11. The minimum atomic E-state index is -1.42. The van der Waals surface area contributed by atoms with Crippen molar-refractivity contribution >= 4 is 23.5 Å². The molecule has 1 aromatic carbocycles. The lowest BCUT2D eigenvalue weighted by molar-refractivity contribution is -0.143. The molecule has 0 spiro atoms. The van der Waals surface area contributed by atoms with Crippen LogP contribution in [0.4, 0.5) is 10.1 Å². The van der Waals surface area contributed by atoms with Crippen molar-refractivity contribution in [2.24, 2.45) is 0 Å². The van der Waals surface area contributed by atoms with Crippen molar-refractivity contribution in [3.63, 3.8) is 0 Å². The van der Waals surface area contributed by atoms with E-state index in [9.17, 15) is 18.8 Å². The quantitative estimate of drug-likeness (QED) is 0.771. The summed E-state index contributed by atoms with van der Waals surface area (Å²) in [6.07, 6.45) is 0.188. The molecule has 0 saturated carbocycles. The molecule has 1 rings (SSSR count). The molecule has 0 aliphatic rings. The lowest BCUT2D eigenvalue weighted by Crippen LogP contribution is -2.51. The van der Waals surface area contributed by atoms with Gasteiger partial charge < -0.3 is 15.7 Å². The Bertz CT molecular complexity index is 588. The van der Waals surface area contributed by atoms with Crippen LogP contribution in [-0.4, -0.2) is 28.4 Å². The van der Waals surface area contributed by atoms with Crippen molar-refractivity contribution in [1.29, 1.82) is 0 Å². The van der Waals surface area contributed by atoms with Crippen molar-refractivity contribution in [2.45, 2.75) is 32.7 Å². The molecule has 6 nitrogen and oxygen atoms in total. The van der Waals surface area contributed by atoms with Crippen LogP contribution < -0.4 is 10.6 Å². The van der Waals surface area contributed by atoms with E-state index in [0.29, 0.717) is 0 Å². The number of carbonyl (C=O) groups excluding carboxylic acids is 2. The van der Waals surface area contributed by atoms with E-state index in [-0.39, 0.29) is 17.7 Å². The van der Waals surface area contributed by atoms with Crippen LogP contribution in [-0.2, 0) is 9.59 Å². The number of halogens is 1. The zero-order valence-corrected chi connectivity index (χ0v) is 12.0. The Balaban J connectivity index is 3.03. The van der Waals surface area contributed by atoms with Gasteiger partial charge in [-0.3, -0.25) is 9.59 Å². The predicted octanol–water partition coefficient (Wildman–Crippen LogP) is 1.77. The van der Waals surface area contributed by atoms with Crippen molar-refractivity contribution in [2.75, 3.05) is 5.32 Å². The highest BCUT2D eigenvalue weighted by molar-refractivity contribution is 5.99. The topological polar surface area (TPSA) is 95.5 Å². The van der Waals surface area contributed by atoms with E-state index in [1.54, 1.807) is 6.92 Å². The van der Waals surface area contributed by atoms with E-state index < -0.39 is 29.1 Å². The number of rotatable bonds is 5. The Kier molecular flexibility index (Phi) is 5.02. The van der Waals surface area contributed by atoms with Gasteiger partial charge in [0.05, 0.1) is 5.69 Å². The average Bonchev–Trinajstić information content (AvgIpc) is 2.40. The summed E-state index contributed by atoms with van der Waals surface area (Å²) < 4.78 is 13.5. The molecule has 7 heteroatoms. The van der Waals surface area contributed by atoms with Gasteiger partial charge in [-0.2, -0.15) is 0 Å². The van der Waals surface area contributed by atoms with E-state index in [1.807, 2.05) is 0 Å². The number of aliphatic carboxylic acids is 1. The normalized spacial score (nSPS) is 13.1. The highest BCUT2D eigenvalue weighted by atomic mass is 19.1. The molecule has 1 atom stereocenters. The Labute approximate surface area is 121 Å². The molecule has 0 fully saturated rings. The zero-order valence-electron chi connectivity index (χ0n) is 12.0. The number of benzene rings is 1. The Hall–Kier alpha value is -2.44. The van der Waals surface area contributed by atoms with Gasteiger partial charge in [-0.25, -0.2) is 9.18 Å². The highest BCUT2D eigenvalue weighted by Crippen LogP contribution is 2.18. The number of hydrogen-bond acceptors (Lipinski definition) is 3. The molecule has 1 unspecified atom stereocenters. The summed E-state index contributed by atoms with van der Waals surface area (Å²) in [4.78, 5) is 34.2. The SMILES string of the molecule is CCC(C)(NC(=O)c1ccc(F)c(NC(C)=O)c1)C(=O)O. The van der Waals surface area contributed by atoms with Crippen LogP contribution in [0.15, 0.2) is 18.2 Å². The second-order valence-electron chi connectivity index (χ2n) is 4.82. The van der Waals surface area contributed by atoms with E-state index in [2.05, 4.69) is 10.6 Å². The second-order valence-corrected chi connectivity index (χ2v) is 4.82. The summed E-state index contributed by atoms with van der Waals surface area (Å²) in [6, 6.07) is 3.40.